The molecule has 2 aromatic heterocycles. The van der Waals surface area contributed by atoms with Crippen LogP contribution in [0.15, 0.2) is 59.1 Å². The van der Waals surface area contributed by atoms with E-state index in [1.807, 2.05) is 12.1 Å². The molecule has 0 unspecified atom stereocenters. The summed E-state index contributed by atoms with van der Waals surface area (Å²) in [7, 11) is 0. The molecule has 39 heavy (non-hydrogen) atoms. The van der Waals surface area contributed by atoms with Crippen LogP contribution in [-0.2, 0) is 0 Å². The zero-order chi connectivity index (χ0) is 26.5. The lowest BCUT2D eigenvalue weighted by molar-refractivity contribution is 0.0689. The van der Waals surface area contributed by atoms with Crippen molar-refractivity contribution in [3.8, 4) is 17.0 Å². The molecule has 2 saturated carbocycles. The highest BCUT2D eigenvalue weighted by atomic mass is 16.5. The van der Waals surface area contributed by atoms with E-state index < -0.39 is 5.97 Å². The van der Waals surface area contributed by atoms with Crippen molar-refractivity contribution in [3.05, 3.63) is 77.2 Å². The molecule has 2 aliphatic carbocycles. The van der Waals surface area contributed by atoms with Gasteiger partial charge in [0.15, 0.2) is 5.69 Å². The lowest BCUT2D eigenvalue weighted by Crippen LogP contribution is -2.45. The van der Waals surface area contributed by atoms with Gasteiger partial charge in [0.05, 0.1) is 11.6 Å². The Morgan fingerprint density at radius 3 is 2.64 bits per heavy atom. The number of anilines is 1. The summed E-state index contributed by atoms with van der Waals surface area (Å²) in [6, 6.07) is 15.9. The summed E-state index contributed by atoms with van der Waals surface area (Å²) in [4.78, 5) is 18.3. The molecule has 0 amide bonds. The molecule has 7 nitrogen and oxygen atoms in total. The van der Waals surface area contributed by atoms with E-state index >= 15 is 0 Å². The van der Waals surface area contributed by atoms with Crippen LogP contribution in [0.25, 0.3) is 28.2 Å². The predicted molar refractivity (Wildman–Crippen MR) is 150 cm³/mol. The van der Waals surface area contributed by atoms with Crippen LogP contribution in [-0.4, -0.2) is 40.4 Å². The van der Waals surface area contributed by atoms with E-state index in [-0.39, 0.29) is 11.8 Å². The van der Waals surface area contributed by atoms with Gasteiger partial charge in [-0.15, -0.1) is 0 Å². The predicted octanol–water partition coefficient (Wildman–Crippen LogP) is 6.85. The minimum Gasteiger partial charge on any atom is -0.490 e. The van der Waals surface area contributed by atoms with Crippen molar-refractivity contribution in [3.63, 3.8) is 0 Å². The molecule has 0 radical (unpaired) electrons. The Balaban J connectivity index is 1.11. The molecular weight excluding hydrogens is 490 g/mol. The molecule has 0 bridgehead atoms. The van der Waals surface area contributed by atoms with Crippen LogP contribution >= 0.6 is 0 Å². The lowest BCUT2D eigenvalue weighted by Gasteiger charge is -2.40. The standard InChI is InChI=1S/C32H31N3O4/c1-19-5-2-3-8-24(19)30-25(31(39-34-30)21-10-11-21)13-9-20-17-35(18-20)22-12-14-27-26(15-22)29(38-23-6-4-7-23)16-28(33-27)32(36)37/h2-3,5,8-9,12-16,20-21,23H,4,6-7,10-11,17-18H2,1H3,(H,36,37)/b13-9+. The van der Waals surface area contributed by atoms with E-state index in [9.17, 15) is 9.90 Å². The van der Waals surface area contributed by atoms with Crippen molar-refractivity contribution < 1.29 is 19.2 Å². The molecule has 1 N–H and O–H groups in total. The van der Waals surface area contributed by atoms with Crippen molar-refractivity contribution in [2.45, 2.75) is 51.0 Å². The fourth-order valence-corrected chi connectivity index (χ4v) is 5.48. The number of carboxylic acid groups (broad SMARTS) is 1. The number of carbonyl (C=O) groups is 1. The largest absolute Gasteiger partial charge is 0.490 e. The maximum absolute atomic E-state index is 11.6. The van der Waals surface area contributed by atoms with Crippen molar-refractivity contribution >= 4 is 28.6 Å². The highest BCUT2D eigenvalue weighted by Gasteiger charge is 2.33. The van der Waals surface area contributed by atoms with Crippen molar-refractivity contribution in [1.29, 1.82) is 0 Å². The number of hydrogen-bond donors (Lipinski definition) is 1. The summed E-state index contributed by atoms with van der Waals surface area (Å²) in [5.41, 5.74) is 6.13. The molecule has 0 spiro atoms. The molecule has 1 aliphatic heterocycles. The number of aryl methyl sites for hydroxylation is 1. The third-order valence-electron chi connectivity index (χ3n) is 8.23. The molecule has 3 fully saturated rings. The second-order valence-electron chi connectivity index (χ2n) is 11.1. The van der Waals surface area contributed by atoms with Gasteiger partial charge >= 0.3 is 5.97 Å². The summed E-state index contributed by atoms with van der Waals surface area (Å²) in [5, 5.41) is 14.9. The average Bonchev–Trinajstić information content (AvgIpc) is 3.65. The molecule has 3 aliphatic rings. The van der Waals surface area contributed by atoms with E-state index in [2.05, 4.69) is 64.4 Å². The molecule has 2 aromatic carbocycles. The molecule has 198 valence electrons. The van der Waals surface area contributed by atoms with Gasteiger partial charge < -0.3 is 19.3 Å². The zero-order valence-corrected chi connectivity index (χ0v) is 22.0. The number of ether oxygens (including phenoxy) is 1. The van der Waals surface area contributed by atoms with Gasteiger partial charge in [0.1, 0.15) is 17.2 Å². The number of pyridine rings is 1. The molecule has 1 saturated heterocycles. The van der Waals surface area contributed by atoms with Crippen LogP contribution in [0.2, 0.25) is 0 Å². The van der Waals surface area contributed by atoms with Gasteiger partial charge in [0.2, 0.25) is 0 Å². The number of benzene rings is 2. The normalized spacial score (nSPS) is 17.9. The molecule has 3 heterocycles. The third-order valence-corrected chi connectivity index (χ3v) is 8.23. The van der Waals surface area contributed by atoms with E-state index in [0.29, 0.717) is 23.1 Å². The smallest absolute Gasteiger partial charge is 0.354 e. The number of hydrogen-bond acceptors (Lipinski definition) is 6. The molecule has 0 atom stereocenters. The second kappa shape index (κ2) is 9.56. The summed E-state index contributed by atoms with van der Waals surface area (Å²) in [6.45, 7) is 3.93. The zero-order valence-electron chi connectivity index (χ0n) is 22.0. The second-order valence-corrected chi connectivity index (χ2v) is 11.1. The minimum absolute atomic E-state index is 0.0168. The Labute approximate surface area is 227 Å². The average molecular weight is 522 g/mol. The number of aromatic nitrogens is 2. The minimum atomic E-state index is -1.04. The molecular formula is C32H31N3O4. The first-order valence-corrected chi connectivity index (χ1v) is 13.9. The van der Waals surface area contributed by atoms with Crippen LogP contribution < -0.4 is 9.64 Å². The number of rotatable bonds is 8. The summed E-state index contributed by atoms with van der Waals surface area (Å²) in [5.74, 6) is 1.50. The summed E-state index contributed by atoms with van der Waals surface area (Å²) >= 11 is 0. The fourth-order valence-electron chi connectivity index (χ4n) is 5.48. The summed E-state index contributed by atoms with van der Waals surface area (Å²) < 4.78 is 12.0. The van der Waals surface area contributed by atoms with Gasteiger partial charge in [-0.25, -0.2) is 9.78 Å². The first-order chi connectivity index (χ1) is 19.0. The lowest BCUT2D eigenvalue weighted by atomic mass is 9.95. The topological polar surface area (TPSA) is 88.7 Å². The Bertz CT molecular complexity index is 1590. The maximum atomic E-state index is 11.6. The van der Waals surface area contributed by atoms with Crippen molar-refractivity contribution in [2.75, 3.05) is 18.0 Å². The Kier molecular flexibility index (Phi) is 5.87. The highest BCUT2D eigenvalue weighted by molar-refractivity contribution is 5.94. The van der Waals surface area contributed by atoms with Gasteiger partial charge in [0, 0.05) is 53.2 Å². The first-order valence-electron chi connectivity index (χ1n) is 13.9. The van der Waals surface area contributed by atoms with E-state index in [4.69, 9.17) is 9.26 Å². The van der Waals surface area contributed by atoms with Crippen LogP contribution in [0.3, 0.4) is 0 Å². The molecule has 7 heteroatoms. The van der Waals surface area contributed by atoms with E-state index in [1.165, 1.54) is 5.56 Å². The van der Waals surface area contributed by atoms with Gasteiger partial charge in [-0.3, -0.25) is 0 Å². The van der Waals surface area contributed by atoms with Crippen LogP contribution in [0.1, 0.15) is 65.4 Å². The summed E-state index contributed by atoms with van der Waals surface area (Å²) in [6.07, 6.45) is 10.2. The monoisotopic (exact) mass is 521 g/mol. The highest BCUT2D eigenvalue weighted by Crippen LogP contribution is 2.45. The quantitative estimate of drug-likeness (QED) is 0.271. The third kappa shape index (κ3) is 4.56. The Morgan fingerprint density at radius 2 is 1.92 bits per heavy atom. The van der Waals surface area contributed by atoms with Crippen molar-refractivity contribution in [1.82, 2.24) is 10.1 Å². The van der Waals surface area contributed by atoms with Gasteiger partial charge in [-0.1, -0.05) is 41.6 Å². The molecule has 4 aromatic rings. The van der Waals surface area contributed by atoms with Crippen molar-refractivity contribution in [2.24, 2.45) is 5.92 Å². The van der Waals surface area contributed by atoms with Gasteiger partial charge in [0.25, 0.3) is 0 Å². The first kappa shape index (κ1) is 23.9. The SMILES string of the molecule is Cc1ccccc1-c1noc(C2CC2)c1/C=C/C1CN(c2ccc3nc(C(=O)O)cc(OC4CCC4)c3c2)C1. The Morgan fingerprint density at radius 1 is 1.10 bits per heavy atom. The van der Waals surface area contributed by atoms with Crippen LogP contribution in [0.4, 0.5) is 5.69 Å². The van der Waals surface area contributed by atoms with Crippen LogP contribution in [0.5, 0.6) is 5.75 Å². The van der Waals surface area contributed by atoms with E-state index in [0.717, 1.165) is 78.8 Å². The van der Waals surface area contributed by atoms with Gasteiger partial charge in [-0.2, -0.15) is 0 Å². The number of fused-ring (bicyclic) bond motifs is 1. The maximum Gasteiger partial charge on any atom is 0.354 e. The number of aromatic carboxylic acids is 1. The molecule has 7 rings (SSSR count). The van der Waals surface area contributed by atoms with Crippen LogP contribution in [0, 0.1) is 12.8 Å². The Hall–Kier alpha value is -4.13. The number of nitrogens with zero attached hydrogens (tertiary/aromatic N) is 3. The van der Waals surface area contributed by atoms with Gasteiger partial charge in [-0.05, 0) is 62.8 Å². The van der Waals surface area contributed by atoms with E-state index in [1.54, 1.807) is 6.07 Å². The number of carboxylic acids is 1. The fraction of sp³-hybridized carbons (Fsp3) is 0.344.